The predicted molar refractivity (Wildman–Crippen MR) is 56.6 cm³/mol. The fraction of sp³-hybridized carbons (Fsp3) is 1.00. The predicted octanol–water partition coefficient (Wildman–Crippen LogP) is 1.42. The van der Waals surface area contributed by atoms with Gasteiger partial charge in [-0.3, -0.25) is 0 Å². The monoisotopic (exact) mass is 214 g/mol. The molecule has 76 valence electrons. The van der Waals surface area contributed by atoms with Gasteiger partial charge in [-0.1, -0.05) is 0 Å². The van der Waals surface area contributed by atoms with Crippen molar-refractivity contribution in [3.05, 3.63) is 0 Å². The van der Waals surface area contributed by atoms with Crippen molar-refractivity contribution in [3.8, 4) is 0 Å². The van der Waals surface area contributed by atoms with Crippen molar-refractivity contribution in [1.82, 2.24) is 0 Å². The topological polar surface area (TPSA) is 60.7 Å². The van der Waals surface area contributed by atoms with Gasteiger partial charge >= 0.3 is 77.8 Å². The zero-order chi connectivity index (χ0) is 9.69. The van der Waals surface area contributed by atoms with Crippen LogP contribution in [0, 0.1) is 0 Å². The molecule has 12 heavy (non-hydrogen) atoms. The number of unbranched alkanes of at least 4 members (excludes halogenated alkanes) is 1. The van der Waals surface area contributed by atoms with Crippen molar-refractivity contribution in [3.63, 3.8) is 0 Å². The van der Waals surface area contributed by atoms with Gasteiger partial charge in [-0.2, -0.15) is 0 Å². The molecule has 0 aliphatic heterocycles. The van der Waals surface area contributed by atoms with Crippen LogP contribution in [0.1, 0.15) is 19.8 Å². The van der Waals surface area contributed by atoms with Gasteiger partial charge in [-0.15, -0.1) is 0 Å². The average molecular weight is 214 g/mol. The Morgan fingerprint density at radius 2 is 1.75 bits per heavy atom. The third-order valence-corrected chi connectivity index (χ3v) is 3.77. The molecule has 0 aromatic rings. The van der Waals surface area contributed by atoms with Crippen molar-refractivity contribution >= 4 is 19.0 Å². The molecule has 0 radical (unpaired) electrons. The van der Waals surface area contributed by atoms with Crippen LogP contribution in [0.5, 0.6) is 0 Å². The molecule has 0 aromatic heterocycles. The zero-order valence-electron chi connectivity index (χ0n) is 7.73. The molecule has 0 aromatic carbocycles. The first kappa shape index (κ1) is 12.7. The molecule has 0 saturated heterocycles. The van der Waals surface area contributed by atoms with Crippen LogP contribution in [0.15, 0.2) is 0 Å². The Morgan fingerprint density at radius 1 is 1.17 bits per heavy atom. The van der Waals surface area contributed by atoms with Gasteiger partial charge in [0, 0.05) is 0 Å². The maximum absolute atomic E-state index is 9.07. The van der Waals surface area contributed by atoms with Crippen LogP contribution in [0.2, 0.25) is 0 Å². The van der Waals surface area contributed by atoms with Gasteiger partial charge in [0.05, 0.1) is 0 Å². The summed E-state index contributed by atoms with van der Waals surface area (Å²) in [4.78, 5) is 27.2. The summed E-state index contributed by atoms with van der Waals surface area (Å²) in [7, 11) is -4.18. The van der Waals surface area contributed by atoms with E-state index in [0.29, 0.717) is 6.42 Å². The molecule has 0 unspecified atom stereocenters. The summed E-state index contributed by atoms with van der Waals surface area (Å²) in [5, 5.41) is 0. The Balaban J connectivity index is 3.32. The quantitative estimate of drug-likeness (QED) is 0.462. The number of rotatable bonds is 6. The summed E-state index contributed by atoms with van der Waals surface area (Å²) in [6.07, 6.45) is 1.76. The van der Waals surface area contributed by atoms with Crippen LogP contribution < -0.4 is 0 Å². The van der Waals surface area contributed by atoms with Gasteiger partial charge in [0.1, 0.15) is 0 Å². The van der Waals surface area contributed by atoms with Crippen molar-refractivity contribution in [2.24, 2.45) is 0 Å². The number of thioether (sulfide) groups is 1. The van der Waals surface area contributed by atoms with Crippen LogP contribution in [-0.2, 0) is 0 Å². The van der Waals surface area contributed by atoms with Crippen LogP contribution in [0.25, 0.3) is 0 Å². The molecular formula is C7H19O3PS. The summed E-state index contributed by atoms with van der Waals surface area (Å²) in [6, 6.07) is 0. The van der Waals surface area contributed by atoms with Gasteiger partial charge in [0.2, 0.25) is 0 Å². The first-order valence-corrected chi connectivity index (χ1v) is 8.03. The van der Waals surface area contributed by atoms with E-state index in [4.69, 9.17) is 14.7 Å². The Kier molecular flexibility index (Phi) is 5.04. The first-order valence-electron chi connectivity index (χ1n) is 4.15. The zero-order valence-corrected chi connectivity index (χ0v) is 9.44. The van der Waals surface area contributed by atoms with Crippen LogP contribution in [0.4, 0.5) is 0 Å². The summed E-state index contributed by atoms with van der Waals surface area (Å²) >= 11 is 1.83. The number of hydrogen-bond donors (Lipinski definition) is 3. The van der Waals surface area contributed by atoms with E-state index >= 15 is 0 Å². The molecule has 0 fully saturated rings. The van der Waals surface area contributed by atoms with Gasteiger partial charge in [0.25, 0.3) is 0 Å². The molecule has 0 aliphatic rings. The third-order valence-electron chi connectivity index (χ3n) is 1.42. The molecule has 0 heterocycles. The Hall–Kier alpha value is 0.660. The molecule has 3 N–H and O–H groups in total. The second-order valence-corrected chi connectivity index (χ2v) is 8.30. The van der Waals surface area contributed by atoms with E-state index < -0.39 is 7.28 Å². The third kappa shape index (κ3) is 10.7. The Bertz CT molecular complexity index is 123. The van der Waals surface area contributed by atoms with Gasteiger partial charge in [-0.05, 0) is 0 Å². The standard InChI is InChI=1S/C7H19O3PS/c1-3-12-7-5-4-6-11(2,8,9)10/h8-10H,3-7H2,1-2H3. The molecule has 3 nitrogen and oxygen atoms in total. The van der Waals surface area contributed by atoms with Gasteiger partial charge in [-0.25, -0.2) is 0 Å². The molecular weight excluding hydrogens is 195 g/mol. The molecule has 0 saturated carbocycles. The molecule has 0 aliphatic carbocycles. The molecule has 5 heteroatoms. The molecule has 0 bridgehead atoms. The van der Waals surface area contributed by atoms with E-state index in [2.05, 4.69) is 6.92 Å². The molecule has 0 rings (SSSR count). The van der Waals surface area contributed by atoms with Gasteiger partial charge < -0.3 is 0 Å². The minimum absolute atomic E-state index is 0.135. The normalized spacial score (nSPS) is 15.6. The summed E-state index contributed by atoms with van der Waals surface area (Å²) < 4.78 is 0. The van der Waals surface area contributed by atoms with Crippen molar-refractivity contribution in [2.75, 3.05) is 24.3 Å². The van der Waals surface area contributed by atoms with E-state index in [0.717, 1.165) is 24.6 Å². The van der Waals surface area contributed by atoms with Gasteiger partial charge in [0.15, 0.2) is 0 Å². The molecule has 0 atom stereocenters. The Morgan fingerprint density at radius 3 is 2.17 bits per heavy atom. The summed E-state index contributed by atoms with van der Waals surface area (Å²) in [6.45, 7) is 3.23. The van der Waals surface area contributed by atoms with Crippen LogP contribution >= 0.6 is 19.0 Å². The fourth-order valence-electron chi connectivity index (χ4n) is 0.831. The minimum atomic E-state index is -4.18. The first-order chi connectivity index (χ1) is 5.31. The Labute approximate surface area is 78.4 Å². The second-order valence-electron chi connectivity index (χ2n) is 3.24. The summed E-state index contributed by atoms with van der Waals surface area (Å²) in [5.74, 6) is 2.12. The SMILES string of the molecule is CCSCCCCP(C)(O)(O)O. The van der Waals surface area contributed by atoms with Crippen LogP contribution in [-0.4, -0.2) is 39.0 Å². The van der Waals surface area contributed by atoms with Crippen molar-refractivity contribution < 1.29 is 14.7 Å². The average Bonchev–Trinajstić information content (AvgIpc) is 1.83. The van der Waals surface area contributed by atoms with E-state index in [1.165, 1.54) is 0 Å². The van der Waals surface area contributed by atoms with E-state index in [1.807, 2.05) is 11.8 Å². The van der Waals surface area contributed by atoms with Crippen molar-refractivity contribution in [2.45, 2.75) is 19.8 Å². The fourth-order valence-corrected chi connectivity index (χ4v) is 2.49. The van der Waals surface area contributed by atoms with E-state index in [9.17, 15) is 0 Å². The maximum atomic E-state index is 9.07. The molecule has 0 spiro atoms. The number of hydrogen-bond acceptors (Lipinski definition) is 4. The van der Waals surface area contributed by atoms with Crippen LogP contribution in [0.3, 0.4) is 0 Å². The van der Waals surface area contributed by atoms with E-state index in [-0.39, 0.29) is 6.16 Å². The molecule has 0 amide bonds. The second kappa shape index (κ2) is 4.77. The van der Waals surface area contributed by atoms with Crippen molar-refractivity contribution in [1.29, 1.82) is 0 Å². The summed E-state index contributed by atoms with van der Waals surface area (Å²) in [5.41, 5.74) is 0. The van der Waals surface area contributed by atoms with E-state index in [1.54, 1.807) is 0 Å².